The van der Waals surface area contributed by atoms with Crippen LogP contribution in [0.2, 0.25) is 0 Å². The lowest BCUT2D eigenvalue weighted by atomic mass is 10.2. The fourth-order valence-electron chi connectivity index (χ4n) is 1.22. The van der Waals surface area contributed by atoms with Crippen molar-refractivity contribution in [2.45, 2.75) is 26.9 Å². The molecule has 0 aliphatic heterocycles. The van der Waals surface area contributed by atoms with Crippen LogP contribution in [0, 0.1) is 0 Å². The van der Waals surface area contributed by atoms with Crippen LogP contribution in [0.5, 0.6) is 0 Å². The van der Waals surface area contributed by atoms with E-state index >= 15 is 0 Å². The van der Waals surface area contributed by atoms with Crippen molar-refractivity contribution in [3.63, 3.8) is 0 Å². The van der Waals surface area contributed by atoms with E-state index in [0.717, 1.165) is 5.57 Å². The average Bonchev–Trinajstić information content (AvgIpc) is 2.17. The summed E-state index contributed by atoms with van der Waals surface area (Å²) in [5, 5.41) is 0. The molecular formula is C12H15NO2. The second kappa shape index (κ2) is 5.29. The highest BCUT2D eigenvalue weighted by Gasteiger charge is 2.09. The van der Waals surface area contributed by atoms with Crippen molar-refractivity contribution in [2.75, 3.05) is 0 Å². The highest BCUT2D eigenvalue weighted by Crippen LogP contribution is 2.04. The van der Waals surface area contributed by atoms with E-state index in [1.54, 1.807) is 18.3 Å². The number of aromatic nitrogens is 1. The van der Waals surface area contributed by atoms with Crippen LogP contribution < -0.4 is 0 Å². The maximum atomic E-state index is 11.5. The number of carbonyl (C=O) groups excluding carboxylic acids is 1. The molecule has 1 heterocycles. The summed E-state index contributed by atoms with van der Waals surface area (Å²) in [6.07, 6.45) is 4.81. The summed E-state index contributed by atoms with van der Waals surface area (Å²) in [4.78, 5) is 15.4. The SMILES string of the molecule is CC(C)=C[C@H](C)OC(=O)c1cccnc1. The largest absolute Gasteiger partial charge is 0.455 e. The van der Waals surface area contributed by atoms with Gasteiger partial charge in [-0.25, -0.2) is 4.79 Å². The maximum Gasteiger partial charge on any atom is 0.340 e. The minimum Gasteiger partial charge on any atom is -0.455 e. The fourth-order valence-corrected chi connectivity index (χ4v) is 1.22. The summed E-state index contributed by atoms with van der Waals surface area (Å²) < 4.78 is 5.19. The number of nitrogens with zero attached hydrogens (tertiary/aromatic N) is 1. The molecule has 0 fully saturated rings. The maximum absolute atomic E-state index is 11.5. The molecule has 0 aliphatic carbocycles. The molecular weight excluding hydrogens is 190 g/mol. The third kappa shape index (κ3) is 3.94. The number of esters is 1. The number of pyridine rings is 1. The molecule has 0 saturated carbocycles. The first-order valence-corrected chi connectivity index (χ1v) is 4.85. The Morgan fingerprint density at radius 1 is 1.53 bits per heavy atom. The lowest BCUT2D eigenvalue weighted by molar-refractivity contribution is 0.0423. The molecule has 0 aliphatic rings. The Bertz CT molecular complexity index is 353. The molecule has 0 unspecified atom stereocenters. The minimum atomic E-state index is -0.340. The molecule has 3 nitrogen and oxygen atoms in total. The highest BCUT2D eigenvalue weighted by molar-refractivity contribution is 5.89. The quantitative estimate of drug-likeness (QED) is 0.562. The molecule has 0 amide bonds. The minimum absolute atomic E-state index is 0.206. The third-order valence-electron chi connectivity index (χ3n) is 1.76. The molecule has 0 bridgehead atoms. The third-order valence-corrected chi connectivity index (χ3v) is 1.76. The van der Waals surface area contributed by atoms with E-state index in [2.05, 4.69) is 4.98 Å². The first-order valence-electron chi connectivity index (χ1n) is 4.85. The van der Waals surface area contributed by atoms with Crippen molar-refractivity contribution in [3.05, 3.63) is 41.7 Å². The van der Waals surface area contributed by atoms with Crippen molar-refractivity contribution < 1.29 is 9.53 Å². The van der Waals surface area contributed by atoms with Gasteiger partial charge in [-0.1, -0.05) is 5.57 Å². The summed E-state index contributed by atoms with van der Waals surface area (Å²) in [5.41, 5.74) is 1.60. The Balaban J connectivity index is 2.61. The van der Waals surface area contributed by atoms with Gasteiger partial charge in [-0.05, 0) is 39.0 Å². The van der Waals surface area contributed by atoms with Crippen LogP contribution in [-0.4, -0.2) is 17.1 Å². The summed E-state index contributed by atoms with van der Waals surface area (Å²) >= 11 is 0. The summed E-state index contributed by atoms with van der Waals surface area (Å²) in [6, 6.07) is 3.40. The molecule has 0 aromatic carbocycles. The van der Waals surface area contributed by atoms with Gasteiger partial charge in [0.1, 0.15) is 6.10 Å². The van der Waals surface area contributed by atoms with Crippen LogP contribution in [0.4, 0.5) is 0 Å². The van der Waals surface area contributed by atoms with Crippen molar-refractivity contribution in [2.24, 2.45) is 0 Å². The van der Waals surface area contributed by atoms with E-state index in [1.165, 1.54) is 6.20 Å². The molecule has 0 spiro atoms. The number of hydrogen-bond donors (Lipinski definition) is 0. The monoisotopic (exact) mass is 205 g/mol. The van der Waals surface area contributed by atoms with Gasteiger partial charge >= 0.3 is 5.97 Å². The molecule has 1 rings (SSSR count). The summed E-state index contributed by atoms with van der Waals surface area (Å²) in [5.74, 6) is -0.340. The first-order chi connectivity index (χ1) is 7.09. The van der Waals surface area contributed by atoms with Crippen molar-refractivity contribution >= 4 is 5.97 Å². The highest BCUT2D eigenvalue weighted by atomic mass is 16.5. The zero-order valence-electron chi connectivity index (χ0n) is 9.23. The average molecular weight is 205 g/mol. The van der Waals surface area contributed by atoms with Gasteiger partial charge in [-0.3, -0.25) is 4.98 Å². The molecule has 0 radical (unpaired) electrons. The second-order valence-electron chi connectivity index (χ2n) is 3.60. The standard InChI is InChI=1S/C12H15NO2/c1-9(2)7-10(3)15-12(14)11-5-4-6-13-8-11/h4-8,10H,1-3H3/t10-/m0/s1. The van der Waals surface area contributed by atoms with Gasteiger partial charge < -0.3 is 4.74 Å². The van der Waals surface area contributed by atoms with E-state index < -0.39 is 0 Å². The number of carbonyl (C=O) groups is 1. The van der Waals surface area contributed by atoms with Gasteiger partial charge in [0.2, 0.25) is 0 Å². The second-order valence-corrected chi connectivity index (χ2v) is 3.60. The molecule has 1 atom stereocenters. The Hall–Kier alpha value is -1.64. The summed E-state index contributed by atoms with van der Waals surface area (Å²) in [6.45, 7) is 5.77. The topological polar surface area (TPSA) is 39.2 Å². The molecule has 1 aromatic rings. The molecule has 15 heavy (non-hydrogen) atoms. The first kappa shape index (κ1) is 11.4. The van der Waals surface area contributed by atoms with E-state index in [9.17, 15) is 4.79 Å². The van der Waals surface area contributed by atoms with Crippen molar-refractivity contribution in [1.82, 2.24) is 4.98 Å². The fraction of sp³-hybridized carbons (Fsp3) is 0.333. The van der Waals surface area contributed by atoms with E-state index in [1.807, 2.05) is 26.8 Å². The van der Waals surface area contributed by atoms with Gasteiger partial charge in [-0.15, -0.1) is 0 Å². The predicted octanol–water partition coefficient (Wildman–Crippen LogP) is 2.59. The normalized spacial score (nSPS) is 11.7. The lowest BCUT2D eigenvalue weighted by Gasteiger charge is -2.09. The summed E-state index contributed by atoms with van der Waals surface area (Å²) in [7, 11) is 0. The van der Waals surface area contributed by atoms with E-state index in [0.29, 0.717) is 5.56 Å². The van der Waals surface area contributed by atoms with Crippen LogP contribution in [0.1, 0.15) is 31.1 Å². The van der Waals surface area contributed by atoms with Crippen LogP contribution in [0.3, 0.4) is 0 Å². The lowest BCUT2D eigenvalue weighted by Crippen LogP contribution is -2.13. The van der Waals surface area contributed by atoms with Crippen LogP contribution in [-0.2, 0) is 4.74 Å². The number of hydrogen-bond acceptors (Lipinski definition) is 3. The van der Waals surface area contributed by atoms with Crippen molar-refractivity contribution in [1.29, 1.82) is 0 Å². The molecule has 3 heteroatoms. The molecule has 80 valence electrons. The van der Waals surface area contributed by atoms with Gasteiger partial charge in [0.15, 0.2) is 0 Å². The molecule has 1 aromatic heterocycles. The predicted molar refractivity (Wildman–Crippen MR) is 58.5 cm³/mol. The number of ether oxygens (including phenoxy) is 1. The Morgan fingerprint density at radius 2 is 2.27 bits per heavy atom. The zero-order valence-corrected chi connectivity index (χ0v) is 9.23. The van der Waals surface area contributed by atoms with Gasteiger partial charge in [0, 0.05) is 12.4 Å². The molecule has 0 N–H and O–H groups in total. The van der Waals surface area contributed by atoms with E-state index in [4.69, 9.17) is 4.74 Å². The molecule has 0 saturated heterocycles. The van der Waals surface area contributed by atoms with Crippen LogP contribution >= 0.6 is 0 Å². The number of allylic oxidation sites excluding steroid dienone is 1. The smallest absolute Gasteiger partial charge is 0.340 e. The van der Waals surface area contributed by atoms with Gasteiger partial charge in [-0.2, -0.15) is 0 Å². The van der Waals surface area contributed by atoms with Gasteiger partial charge in [0.05, 0.1) is 5.56 Å². The van der Waals surface area contributed by atoms with E-state index in [-0.39, 0.29) is 12.1 Å². The van der Waals surface area contributed by atoms with Crippen LogP contribution in [0.15, 0.2) is 36.2 Å². The van der Waals surface area contributed by atoms with Gasteiger partial charge in [0.25, 0.3) is 0 Å². The Kier molecular flexibility index (Phi) is 4.03. The zero-order chi connectivity index (χ0) is 11.3. The Labute approximate surface area is 89.8 Å². The van der Waals surface area contributed by atoms with Crippen LogP contribution in [0.25, 0.3) is 0 Å². The Morgan fingerprint density at radius 3 is 2.80 bits per heavy atom. The van der Waals surface area contributed by atoms with Crippen molar-refractivity contribution in [3.8, 4) is 0 Å². The number of rotatable bonds is 3.